The van der Waals surface area contributed by atoms with Crippen molar-refractivity contribution in [1.29, 1.82) is 0 Å². The molecule has 3 rings (SSSR count). The van der Waals surface area contributed by atoms with Gasteiger partial charge in [0.05, 0.1) is 17.1 Å². The Kier molecular flexibility index (Phi) is 6.57. The summed E-state index contributed by atoms with van der Waals surface area (Å²) in [6.07, 6.45) is 1.53. The van der Waals surface area contributed by atoms with Crippen LogP contribution in [0.3, 0.4) is 0 Å². The van der Waals surface area contributed by atoms with Crippen LogP contribution in [-0.2, 0) is 21.3 Å². The maximum Gasteiger partial charge on any atom is 0.255 e. The zero-order valence-corrected chi connectivity index (χ0v) is 18.4. The predicted molar refractivity (Wildman–Crippen MR) is 111 cm³/mol. The summed E-state index contributed by atoms with van der Waals surface area (Å²) >= 11 is 1.46. The molecule has 158 valence electrons. The fraction of sp³-hybridized carbons (Fsp3) is 0.474. The summed E-state index contributed by atoms with van der Waals surface area (Å²) in [7, 11) is -2.01. The Labute approximate surface area is 174 Å². The largest absolute Gasteiger partial charge is 0.383 e. The summed E-state index contributed by atoms with van der Waals surface area (Å²) in [5, 5.41) is 0. The zero-order valence-electron chi connectivity index (χ0n) is 16.8. The number of aromatic nitrogens is 1. The van der Waals surface area contributed by atoms with Gasteiger partial charge in [0.25, 0.3) is 11.5 Å². The number of rotatable bonds is 6. The second-order valence-corrected chi connectivity index (χ2v) is 10.3. The molecule has 0 atom stereocenters. The highest BCUT2D eigenvalue weighted by Gasteiger charge is 2.32. The molecule has 0 aromatic carbocycles. The van der Waals surface area contributed by atoms with Gasteiger partial charge < -0.3 is 14.2 Å². The Bertz CT molecular complexity index is 1050. The van der Waals surface area contributed by atoms with Gasteiger partial charge in [0.15, 0.2) is 0 Å². The molecule has 10 heteroatoms. The SMILES string of the molecule is COCCn1cc(C(=O)N2CCN(S(=O)(=O)c3cc(C)sc3C)CC2)ccc1=O. The van der Waals surface area contributed by atoms with Gasteiger partial charge in [-0.2, -0.15) is 4.31 Å². The minimum Gasteiger partial charge on any atom is -0.383 e. The number of methoxy groups -OCH3 is 1. The molecule has 1 aliphatic rings. The summed E-state index contributed by atoms with van der Waals surface area (Å²) in [6.45, 7) is 5.52. The molecule has 2 aromatic rings. The number of carbonyl (C=O) groups excluding carboxylic acids is 1. The van der Waals surface area contributed by atoms with E-state index in [0.717, 1.165) is 9.75 Å². The Balaban J connectivity index is 1.70. The number of thiophene rings is 1. The molecule has 0 radical (unpaired) electrons. The lowest BCUT2D eigenvalue weighted by molar-refractivity contribution is 0.0696. The number of hydrogen-bond acceptors (Lipinski definition) is 6. The van der Waals surface area contributed by atoms with Crippen molar-refractivity contribution in [3.05, 3.63) is 50.1 Å². The monoisotopic (exact) mass is 439 g/mol. The van der Waals surface area contributed by atoms with Crippen molar-refractivity contribution in [2.24, 2.45) is 0 Å². The van der Waals surface area contributed by atoms with Gasteiger partial charge in [-0.15, -0.1) is 11.3 Å². The predicted octanol–water partition coefficient (Wildman–Crippen LogP) is 1.32. The van der Waals surface area contributed by atoms with Crippen LogP contribution < -0.4 is 5.56 Å². The van der Waals surface area contributed by atoms with E-state index < -0.39 is 10.0 Å². The van der Waals surface area contributed by atoms with E-state index >= 15 is 0 Å². The molecule has 3 heterocycles. The van der Waals surface area contributed by atoms with Gasteiger partial charge in [-0.3, -0.25) is 9.59 Å². The van der Waals surface area contributed by atoms with E-state index in [0.29, 0.717) is 36.7 Å². The number of aryl methyl sites for hydroxylation is 2. The van der Waals surface area contributed by atoms with E-state index in [-0.39, 0.29) is 24.6 Å². The van der Waals surface area contributed by atoms with Crippen molar-refractivity contribution in [1.82, 2.24) is 13.8 Å². The molecule has 2 aromatic heterocycles. The van der Waals surface area contributed by atoms with E-state index in [1.807, 2.05) is 13.8 Å². The molecule has 1 amide bonds. The zero-order chi connectivity index (χ0) is 21.2. The quantitative estimate of drug-likeness (QED) is 0.677. The number of pyridine rings is 1. The van der Waals surface area contributed by atoms with Crippen LogP contribution in [-0.4, -0.2) is 68.0 Å². The van der Waals surface area contributed by atoms with Crippen LogP contribution in [0, 0.1) is 13.8 Å². The topological polar surface area (TPSA) is 88.9 Å². The van der Waals surface area contributed by atoms with Crippen molar-refractivity contribution in [2.75, 3.05) is 39.9 Å². The first-order valence-electron chi connectivity index (χ1n) is 9.30. The molecular formula is C19H25N3O5S2. The first-order valence-corrected chi connectivity index (χ1v) is 11.6. The maximum atomic E-state index is 12.9. The third kappa shape index (κ3) is 4.61. The Morgan fingerprint density at radius 2 is 1.86 bits per heavy atom. The van der Waals surface area contributed by atoms with E-state index in [1.54, 1.807) is 18.1 Å². The Morgan fingerprint density at radius 3 is 2.45 bits per heavy atom. The average molecular weight is 440 g/mol. The molecular weight excluding hydrogens is 414 g/mol. The van der Waals surface area contributed by atoms with Gasteiger partial charge >= 0.3 is 0 Å². The minimum absolute atomic E-state index is 0.198. The molecule has 1 aliphatic heterocycles. The lowest BCUT2D eigenvalue weighted by Gasteiger charge is -2.34. The molecule has 1 saturated heterocycles. The third-order valence-corrected chi connectivity index (χ3v) is 8.03. The number of nitrogens with zero attached hydrogens (tertiary/aromatic N) is 3. The van der Waals surface area contributed by atoms with Crippen LogP contribution in [0.5, 0.6) is 0 Å². The van der Waals surface area contributed by atoms with Crippen molar-refractivity contribution in [2.45, 2.75) is 25.3 Å². The Hall–Kier alpha value is -2.01. The molecule has 0 saturated carbocycles. The van der Waals surface area contributed by atoms with Crippen molar-refractivity contribution in [3.63, 3.8) is 0 Å². The molecule has 1 fully saturated rings. The fourth-order valence-electron chi connectivity index (χ4n) is 3.34. The van der Waals surface area contributed by atoms with Crippen molar-refractivity contribution in [3.8, 4) is 0 Å². The molecule has 0 spiro atoms. The second-order valence-electron chi connectivity index (χ2n) is 6.92. The average Bonchev–Trinajstić information content (AvgIpc) is 3.05. The van der Waals surface area contributed by atoms with Crippen LogP contribution in [0.15, 0.2) is 34.1 Å². The van der Waals surface area contributed by atoms with E-state index in [1.165, 1.54) is 38.5 Å². The van der Waals surface area contributed by atoms with Crippen LogP contribution in [0.1, 0.15) is 20.1 Å². The van der Waals surface area contributed by atoms with Crippen LogP contribution in [0.4, 0.5) is 0 Å². The van der Waals surface area contributed by atoms with Gasteiger partial charge in [0.1, 0.15) is 0 Å². The van der Waals surface area contributed by atoms with Gasteiger partial charge in [-0.05, 0) is 26.0 Å². The highest BCUT2D eigenvalue weighted by molar-refractivity contribution is 7.89. The smallest absolute Gasteiger partial charge is 0.255 e. The number of sulfonamides is 1. The fourth-order valence-corrected chi connectivity index (χ4v) is 6.28. The standard InChI is InChI=1S/C19H25N3O5S2/c1-14-12-17(15(2)28-14)29(25,26)22-8-6-20(7-9-22)19(24)16-4-5-18(23)21(13-16)10-11-27-3/h4-5,12-13H,6-11H2,1-3H3. The van der Waals surface area contributed by atoms with Crippen molar-refractivity contribution >= 4 is 27.3 Å². The molecule has 0 aliphatic carbocycles. The summed E-state index contributed by atoms with van der Waals surface area (Å²) in [4.78, 5) is 28.4. The van der Waals surface area contributed by atoms with E-state index in [4.69, 9.17) is 4.74 Å². The summed E-state index contributed by atoms with van der Waals surface area (Å²) < 4.78 is 33.7. The number of carbonyl (C=O) groups is 1. The molecule has 8 nitrogen and oxygen atoms in total. The van der Waals surface area contributed by atoms with Crippen LogP contribution in [0.25, 0.3) is 0 Å². The van der Waals surface area contributed by atoms with Gasteiger partial charge in [-0.25, -0.2) is 8.42 Å². The number of hydrogen-bond donors (Lipinski definition) is 0. The third-order valence-electron chi connectivity index (χ3n) is 4.91. The summed E-state index contributed by atoms with van der Waals surface area (Å²) in [6, 6.07) is 4.58. The van der Waals surface area contributed by atoms with Crippen LogP contribution in [0.2, 0.25) is 0 Å². The van der Waals surface area contributed by atoms with Gasteiger partial charge in [-0.1, -0.05) is 0 Å². The highest BCUT2D eigenvalue weighted by Crippen LogP contribution is 2.28. The second kappa shape index (κ2) is 8.78. The lowest BCUT2D eigenvalue weighted by Crippen LogP contribution is -2.50. The van der Waals surface area contributed by atoms with E-state index in [2.05, 4.69) is 0 Å². The molecule has 0 bridgehead atoms. The normalized spacial score (nSPS) is 15.6. The summed E-state index contributed by atoms with van der Waals surface area (Å²) in [5.41, 5.74) is 0.206. The lowest BCUT2D eigenvalue weighted by atomic mass is 10.2. The first-order chi connectivity index (χ1) is 13.7. The number of amides is 1. The number of piperazine rings is 1. The van der Waals surface area contributed by atoms with Gasteiger partial charge in [0.2, 0.25) is 10.0 Å². The number of ether oxygens (including phenoxy) is 1. The van der Waals surface area contributed by atoms with Crippen LogP contribution >= 0.6 is 11.3 Å². The minimum atomic E-state index is -3.56. The Morgan fingerprint density at radius 1 is 1.17 bits per heavy atom. The maximum absolute atomic E-state index is 12.9. The van der Waals surface area contributed by atoms with Crippen molar-refractivity contribution < 1.29 is 17.9 Å². The van der Waals surface area contributed by atoms with E-state index in [9.17, 15) is 18.0 Å². The molecule has 0 N–H and O–H groups in total. The summed E-state index contributed by atoms with van der Waals surface area (Å²) in [5.74, 6) is -0.212. The highest BCUT2D eigenvalue weighted by atomic mass is 32.2. The molecule has 29 heavy (non-hydrogen) atoms. The van der Waals surface area contributed by atoms with Gasteiger partial charge in [0, 0.05) is 61.9 Å². The first kappa shape index (κ1) is 21.7. The molecule has 0 unspecified atom stereocenters.